The number of hydrogen-bond acceptors (Lipinski definition) is 14. The second-order valence-corrected chi connectivity index (χ2v) is 53.1. The van der Waals surface area contributed by atoms with Crippen LogP contribution in [0.4, 0.5) is 0 Å². The maximum Gasteiger partial charge on any atom is 0 e. The fourth-order valence-corrected chi connectivity index (χ4v) is 48.8. The van der Waals surface area contributed by atoms with Crippen LogP contribution < -0.4 is 100 Å². The zero-order valence-electron chi connectivity index (χ0n) is 76.0. The van der Waals surface area contributed by atoms with Crippen LogP contribution in [0.5, 0.6) is 0 Å². The van der Waals surface area contributed by atoms with Crippen molar-refractivity contribution >= 4 is 221 Å². The van der Waals surface area contributed by atoms with Gasteiger partial charge in [0.05, 0.1) is 11.5 Å². The molecule has 24 rings (SSSR count). The van der Waals surface area contributed by atoms with Crippen LogP contribution in [0.3, 0.4) is 0 Å². The number of aromatic nitrogens is 8. The maximum atomic E-state index is 10.0. The molecule has 2 atom stereocenters. The smallest absolute Gasteiger partial charge is 0 e. The Morgan fingerprint density at radius 1 is 0.331 bits per heavy atom. The number of allylic oxidation sites excluding steroid dienone is 4. The first-order chi connectivity index (χ1) is 63.6. The van der Waals surface area contributed by atoms with E-state index in [0.717, 1.165) is 45.0 Å². The summed E-state index contributed by atoms with van der Waals surface area (Å²) in [7, 11) is 0. The van der Waals surface area contributed by atoms with Gasteiger partial charge in [0.2, 0.25) is 0 Å². The monoisotopic (exact) mass is 2820 g/mol. The molecule has 8 aliphatic heterocycles. The predicted molar refractivity (Wildman–Crippen MR) is 555 cm³/mol. The molecule has 2 N–H and O–H groups in total. The second-order valence-electron chi connectivity index (χ2n) is 35.6. The van der Waals surface area contributed by atoms with E-state index in [2.05, 4.69) is 338 Å². The summed E-state index contributed by atoms with van der Waals surface area (Å²) in [4.78, 5) is 55.4. The van der Waals surface area contributed by atoms with E-state index in [1.54, 1.807) is 49.6 Å². The molecule has 2 unspecified atom stereocenters. The summed E-state index contributed by atoms with van der Waals surface area (Å²) < 4.78 is 11.2. The third-order valence-electron chi connectivity index (χ3n) is 25.6. The predicted octanol–water partition coefficient (Wildman–Crippen LogP) is 8.81. The molecule has 26 heteroatoms. The molecule has 4 radical (unpaired) electrons. The SMILES string of the molecule is CC(=O)C=C(C)O.CC(=O)C=C(C)O.CC1(C)c2[c-]c(-c3cnccn3)cc3c2B(c2ccccc21)c1ccccc1C3(C)C.CC1(C)c2[c-]c(-c3cnccn3)cc3c2B(c2ccccc21)c1ccccc1C3(C)C.S=P12c3ccccc3[Se]c3[c-]c(-c4cnccn4)cc(c31)[Se]c1ccccc12.S=P12c3ccccc3[Se]c3[c-]c(-c4cnccn4)cc(c31)[Se]c1ccccc12.[Ir].[Ir].[Ir].[Ir]. The first kappa shape index (κ1) is 102. The Morgan fingerprint density at radius 2 is 0.588 bits per heavy atom. The Kier molecular flexibility index (Phi) is 31.0. The van der Waals surface area contributed by atoms with Crippen molar-refractivity contribution in [2.75, 3.05) is 0 Å². The van der Waals surface area contributed by atoms with Gasteiger partial charge in [-0.2, -0.15) is 0 Å². The molecule has 16 aromatic rings. The molecule has 0 fully saturated rings. The Morgan fingerprint density at radius 3 is 0.853 bits per heavy atom. The summed E-state index contributed by atoms with van der Waals surface area (Å²) >= 11 is 14.1. The Bertz CT molecular complexity index is 6800. The molecule has 12 nitrogen and oxygen atoms in total. The van der Waals surface area contributed by atoms with E-state index in [1.807, 2.05) is 24.8 Å². The zero-order valence-corrected chi connectivity index (χ0v) is 95.8. The molecule has 136 heavy (non-hydrogen) atoms. The quantitative estimate of drug-likeness (QED) is 0.0531. The summed E-state index contributed by atoms with van der Waals surface area (Å²) in [6, 6.07) is 91.4. The molecule has 684 valence electrons. The average molecular weight is 2820 g/mol. The van der Waals surface area contributed by atoms with E-state index < -0.39 is 12.1 Å². The second kappa shape index (κ2) is 41.3. The standard InChI is InChI=1S/2C28H24BN2.2C22H12N2PSSe2.2C5H8O2.4Ir/c2*1-27(2)19-9-5-7-11-23(19)29-24-12-8-6-10-20(24)28(3,4)22-16-18(15-21(27)26(22)29)25-17-30-13-14-31-25;2*26-25-16-5-1-3-7-18(16)27-20-11-14(15-13-23-9-10-24-15)12-21(22(20)25)28-19-8-4-2-6-17(19)25;2*1-4(6)3-5(2)7;;;;/h2*5-15,17H,1-4H3;2*1-11,13H;2*3,6H,1-2H3;;;;/q4*-1;;;;;;. The minimum atomic E-state index is -2.03. The van der Waals surface area contributed by atoms with Crippen molar-refractivity contribution in [3.05, 3.63) is 385 Å². The van der Waals surface area contributed by atoms with Gasteiger partial charge in [0, 0.05) is 141 Å². The van der Waals surface area contributed by atoms with Crippen molar-refractivity contribution in [3.63, 3.8) is 0 Å². The van der Waals surface area contributed by atoms with Gasteiger partial charge in [0.1, 0.15) is 0 Å². The fraction of sp³-hybridized carbons (Fsp3) is 0.145. The molecule has 12 aromatic carbocycles. The number of aliphatic hydroxyl groups excluding tert-OH is 2. The van der Waals surface area contributed by atoms with Crippen LogP contribution in [0.1, 0.15) is 128 Å². The minimum absolute atomic E-state index is 0. The maximum absolute atomic E-state index is 10.0. The van der Waals surface area contributed by atoms with E-state index >= 15 is 0 Å². The van der Waals surface area contributed by atoms with Crippen molar-refractivity contribution in [1.82, 2.24) is 39.9 Å². The van der Waals surface area contributed by atoms with Crippen molar-refractivity contribution in [2.45, 2.75) is 105 Å². The largest absolute Gasteiger partial charge is 0 e. The minimum Gasteiger partial charge on any atom is 0 e. The van der Waals surface area contributed by atoms with Crippen molar-refractivity contribution in [1.29, 1.82) is 0 Å². The van der Waals surface area contributed by atoms with Crippen LogP contribution in [0.15, 0.2) is 316 Å². The average Bonchev–Trinajstić information content (AvgIpc) is 0.760. The van der Waals surface area contributed by atoms with Crippen LogP contribution in [-0.4, -0.2) is 135 Å². The van der Waals surface area contributed by atoms with Crippen LogP contribution in [0, 0.1) is 24.3 Å². The van der Waals surface area contributed by atoms with Gasteiger partial charge >= 0.3 is 364 Å². The van der Waals surface area contributed by atoms with E-state index in [0.29, 0.717) is 0 Å². The summed E-state index contributed by atoms with van der Waals surface area (Å²) in [5.41, 5.74) is 26.7. The normalized spacial score (nSPS) is 16.6. The van der Waals surface area contributed by atoms with Gasteiger partial charge in [-0.3, -0.25) is 19.6 Å². The first-order valence-corrected chi connectivity index (χ1v) is 55.9. The van der Waals surface area contributed by atoms with Gasteiger partial charge in [-0.15, -0.1) is 68.6 Å². The number of carbonyl (C=O) groups excluding carboxylic acids is 2. The van der Waals surface area contributed by atoms with Gasteiger partial charge < -0.3 is 20.2 Å². The third-order valence-corrected chi connectivity index (χ3v) is 47.5. The number of carbonyl (C=O) groups is 2. The number of hydrogen-bond donors (Lipinski definition) is 2. The summed E-state index contributed by atoms with van der Waals surface area (Å²) in [6.07, 6.45) is 23.6. The van der Waals surface area contributed by atoms with Gasteiger partial charge in [-0.25, -0.2) is 0 Å². The molecule has 0 aliphatic carbocycles. The first-order valence-electron chi connectivity index (χ1n) is 43.5. The third kappa shape index (κ3) is 18.6. The number of benzene rings is 12. The van der Waals surface area contributed by atoms with E-state index in [-0.39, 0.29) is 198 Å². The Balaban J connectivity index is 0.000000130. The fourth-order valence-electron chi connectivity index (χ4n) is 19.9. The summed E-state index contributed by atoms with van der Waals surface area (Å²) in [6.45, 7) is 24.9. The molecular weight excluding hydrogens is 2730 g/mol. The van der Waals surface area contributed by atoms with Crippen molar-refractivity contribution in [3.8, 4) is 45.0 Å². The van der Waals surface area contributed by atoms with E-state index in [4.69, 9.17) is 33.8 Å². The Labute approximate surface area is 886 Å². The van der Waals surface area contributed by atoms with Gasteiger partial charge in [-0.1, -0.05) is 174 Å². The van der Waals surface area contributed by atoms with Gasteiger partial charge in [0.25, 0.3) is 0 Å². The molecule has 0 saturated carbocycles. The molecule has 12 heterocycles. The molecule has 0 spiro atoms. The molecule has 0 saturated heterocycles. The topological polar surface area (TPSA) is 178 Å². The van der Waals surface area contributed by atoms with Crippen LogP contribution in [0.2, 0.25) is 0 Å². The molecule has 0 amide bonds. The molecule has 0 bridgehead atoms. The van der Waals surface area contributed by atoms with E-state index in [9.17, 15) is 9.59 Å². The Hall–Kier alpha value is -8.51. The summed E-state index contributed by atoms with van der Waals surface area (Å²) in [5.74, 6) is -0.125. The molecule has 4 aromatic heterocycles. The van der Waals surface area contributed by atoms with Crippen LogP contribution in [-0.2, 0) is 135 Å². The number of fused-ring (bicyclic) bond motifs is 16. The van der Waals surface area contributed by atoms with Crippen molar-refractivity contribution < 1.29 is 100 Å². The van der Waals surface area contributed by atoms with Crippen molar-refractivity contribution in [2.24, 2.45) is 0 Å². The summed E-state index contributed by atoms with van der Waals surface area (Å²) in [5, 5.41) is 25.1. The van der Waals surface area contributed by atoms with Crippen LogP contribution >= 0.6 is 12.1 Å². The number of rotatable bonds is 6. The molecular formula is C110H88B2Ir4N8O4P2S2Se4-4. The molecule has 8 aliphatic rings. The van der Waals surface area contributed by atoms with E-state index in [1.165, 1.54) is 185 Å². The van der Waals surface area contributed by atoms with Gasteiger partial charge in [0.15, 0.2) is 25.0 Å². The number of ketones is 2. The zero-order chi connectivity index (χ0) is 91.9. The number of nitrogens with zero attached hydrogens (tertiary/aromatic N) is 8. The van der Waals surface area contributed by atoms with Gasteiger partial charge in [-0.05, 0) is 71.6 Å². The number of aliphatic hydroxyl groups is 2. The van der Waals surface area contributed by atoms with Crippen LogP contribution in [0.25, 0.3) is 45.0 Å².